The van der Waals surface area contributed by atoms with Gasteiger partial charge in [-0.2, -0.15) is 5.10 Å². The van der Waals surface area contributed by atoms with Gasteiger partial charge in [0.25, 0.3) is 0 Å². The normalized spacial score (nSPS) is 13.4. The molecule has 0 saturated carbocycles. The number of nitrogens with zero attached hydrogens (tertiary/aromatic N) is 3. The number of rotatable bonds is 5. The zero-order valence-corrected chi connectivity index (χ0v) is 13.5. The second-order valence-electron chi connectivity index (χ2n) is 6.55. The second-order valence-corrected chi connectivity index (χ2v) is 6.55. The molecule has 0 spiro atoms. The van der Waals surface area contributed by atoms with E-state index in [2.05, 4.69) is 62.0 Å². The number of benzene rings is 1. The fourth-order valence-electron chi connectivity index (χ4n) is 2.65. The lowest BCUT2D eigenvalue weighted by molar-refractivity contribution is 0.535. The minimum absolute atomic E-state index is 0.0553. The lowest BCUT2D eigenvalue weighted by Crippen LogP contribution is -2.22. The summed E-state index contributed by atoms with van der Waals surface area (Å²) in [6.45, 7) is 9.69. The van der Waals surface area contributed by atoms with E-state index in [1.165, 1.54) is 11.1 Å². The van der Waals surface area contributed by atoms with Crippen molar-refractivity contribution in [1.29, 1.82) is 0 Å². The van der Waals surface area contributed by atoms with Crippen LogP contribution in [-0.4, -0.2) is 14.8 Å². The third-order valence-corrected chi connectivity index (χ3v) is 3.70. The molecule has 0 amide bonds. The molecular weight excluding hydrogens is 260 g/mol. The molecule has 2 rings (SSSR count). The molecule has 1 atom stereocenters. The van der Waals surface area contributed by atoms with Crippen molar-refractivity contribution in [2.24, 2.45) is 5.73 Å². The van der Waals surface area contributed by atoms with Crippen LogP contribution in [0.2, 0.25) is 0 Å². The first-order valence-electron chi connectivity index (χ1n) is 7.65. The number of nitrogens with two attached hydrogens (primary N) is 1. The first kappa shape index (κ1) is 15.7. The highest BCUT2D eigenvalue weighted by Gasteiger charge is 2.21. The van der Waals surface area contributed by atoms with E-state index in [-0.39, 0.29) is 11.5 Å². The van der Waals surface area contributed by atoms with Gasteiger partial charge < -0.3 is 5.73 Å². The summed E-state index contributed by atoms with van der Waals surface area (Å²) in [5, 5.41) is 4.27. The number of hydrogen-bond acceptors (Lipinski definition) is 3. The largest absolute Gasteiger partial charge is 0.324 e. The Morgan fingerprint density at radius 2 is 1.95 bits per heavy atom. The Bertz CT molecular complexity index is 580. The van der Waals surface area contributed by atoms with Crippen LogP contribution >= 0.6 is 0 Å². The molecule has 21 heavy (non-hydrogen) atoms. The van der Waals surface area contributed by atoms with Gasteiger partial charge in [-0.1, -0.05) is 52.0 Å². The fraction of sp³-hybridized carbons (Fsp3) is 0.529. The van der Waals surface area contributed by atoms with Crippen molar-refractivity contribution < 1.29 is 0 Å². The predicted octanol–water partition coefficient (Wildman–Crippen LogP) is 3.23. The number of aryl methyl sites for hydroxylation is 1. The van der Waals surface area contributed by atoms with E-state index in [4.69, 9.17) is 5.73 Å². The Kier molecular flexibility index (Phi) is 4.78. The van der Waals surface area contributed by atoms with Gasteiger partial charge in [0.15, 0.2) is 0 Å². The summed E-state index contributed by atoms with van der Waals surface area (Å²) in [7, 11) is 0. The molecule has 1 aromatic heterocycles. The van der Waals surface area contributed by atoms with E-state index in [0.717, 1.165) is 18.8 Å². The molecule has 1 unspecified atom stereocenters. The highest BCUT2D eigenvalue weighted by Crippen LogP contribution is 2.29. The van der Waals surface area contributed by atoms with Gasteiger partial charge >= 0.3 is 0 Å². The first-order chi connectivity index (χ1) is 9.93. The quantitative estimate of drug-likeness (QED) is 0.918. The molecule has 4 nitrogen and oxygen atoms in total. The van der Waals surface area contributed by atoms with Crippen LogP contribution in [-0.2, 0) is 18.4 Å². The monoisotopic (exact) mass is 286 g/mol. The van der Waals surface area contributed by atoms with Gasteiger partial charge in [-0.25, -0.2) is 4.98 Å². The van der Waals surface area contributed by atoms with Crippen LogP contribution < -0.4 is 5.73 Å². The molecule has 2 N–H and O–H groups in total. The summed E-state index contributed by atoms with van der Waals surface area (Å²) in [5.74, 6) is 0.966. The average molecular weight is 286 g/mol. The standard InChI is InChI=1S/C17H26N4/c1-5-10-21-16(19-12-20-21)11-15(18)13-8-6-7-9-14(13)17(2,3)4/h6-9,12,15H,5,10-11,18H2,1-4H3. The molecule has 114 valence electrons. The maximum atomic E-state index is 6.47. The third kappa shape index (κ3) is 3.70. The van der Waals surface area contributed by atoms with Crippen molar-refractivity contribution in [3.8, 4) is 0 Å². The zero-order valence-electron chi connectivity index (χ0n) is 13.5. The van der Waals surface area contributed by atoms with Gasteiger partial charge in [0.1, 0.15) is 12.2 Å². The fourth-order valence-corrected chi connectivity index (χ4v) is 2.65. The molecule has 0 aliphatic heterocycles. The number of aromatic nitrogens is 3. The molecule has 1 heterocycles. The van der Waals surface area contributed by atoms with E-state index < -0.39 is 0 Å². The molecule has 0 fully saturated rings. The van der Waals surface area contributed by atoms with Gasteiger partial charge in [0, 0.05) is 19.0 Å². The smallest absolute Gasteiger partial charge is 0.138 e. The van der Waals surface area contributed by atoms with Gasteiger partial charge in [0.05, 0.1) is 0 Å². The van der Waals surface area contributed by atoms with Crippen LogP contribution in [0.3, 0.4) is 0 Å². The van der Waals surface area contributed by atoms with E-state index in [0.29, 0.717) is 6.42 Å². The van der Waals surface area contributed by atoms with Crippen molar-refractivity contribution in [1.82, 2.24) is 14.8 Å². The first-order valence-corrected chi connectivity index (χ1v) is 7.65. The van der Waals surface area contributed by atoms with Gasteiger partial charge in [-0.15, -0.1) is 0 Å². The van der Waals surface area contributed by atoms with Crippen LogP contribution in [0.1, 0.15) is 57.1 Å². The maximum Gasteiger partial charge on any atom is 0.138 e. The SMILES string of the molecule is CCCn1ncnc1CC(N)c1ccccc1C(C)(C)C. The molecule has 0 saturated heterocycles. The summed E-state index contributed by atoms with van der Waals surface area (Å²) in [4.78, 5) is 4.36. The van der Waals surface area contributed by atoms with E-state index in [9.17, 15) is 0 Å². The van der Waals surface area contributed by atoms with E-state index >= 15 is 0 Å². The molecule has 0 aliphatic rings. The summed E-state index contributed by atoms with van der Waals surface area (Å²) in [5.41, 5.74) is 9.07. The summed E-state index contributed by atoms with van der Waals surface area (Å²) in [6, 6.07) is 8.38. The molecule has 1 aromatic carbocycles. The van der Waals surface area contributed by atoms with E-state index in [1.54, 1.807) is 6.33 Å². The molecule has 0 radical (unpaired) electrons. The molecule has 0 aliphatic carbocycles. The van der Waals surface area contributed by atoms with Crippen molar-refractivity contribution >= 4 is 0 Å². The zero-order chi connectivity index (χ0) is 15.5. The summed E-state index contributed by atoms with van der Waals surface area (Å²) >= 11 is 0. The Hall–Kier alpha value is -1.68. The molecular formula is C17H26N4. The van der Waals surface area contributed by atoms with Crippen molar-refractivity contribution in [3.05, 3.63) is 47.5 Å². The van der Waals surface area contributed by atoms with Crippen molar-refractivity contribution in [3.63, 3.8) is 0 Å². The van der Waals surface area contributed by atoms with E-state index in [1.807, 2.05) is 4.68 Å². The minimum atomic E-state index is -0.0553. The topological polar surface area (TPSA) is 56.7 Å². The molecule has 4 heteroatoms. The van der Waals surface area contributed by atoms with Crippen molar-refractivity contribution in [2.75, 3.05) is 0 Å². The van der Waals surface area contributed by atoms with Crippen LogP contribution in [0.5, 0.6) is 0 Å². The second kappa shape index (κ2) is 6.39. The van der Waals surface area contributed by atoms with Crippen LogP contribution in [0.25, 0.3) is 0 Å². The maximum absolute atomic E-state index is 6.47. The highest BCUT2D eigenvalue weighted by molar-refractivity contribution is 5.35. The van der Waals surface area contributed by atoms with Crippen LogP contribution in [0.15, 0.2) is 30.6 Å². The summed E-state index contributed by atoms with van der Waals surface area (Å²) in [6.07, 6.45) is 3.38. The highest BCUT2D eigenvalue weighted by atomic mass is 15.3. The minimum Gasteiger partial charge on any atom is -0.324 e. The van der Waals surface area contributed by atoms with Gasteiger partial charge in [0.2, 0.25) is 0 Å². The van der Waals surface area contributed by atoms with Crippen LogP contribution in [0.4, 0.5) is 0 Å². The lowest BCUT2D eigenvalue weighted by atomic mass is 9.81. The average Bonchev–Trinajstić information content (AvgIpc) is 2.85. The number of hydrogen-bond donors (Lipinski definition) is 1. The van der Waals surface area contributed by atoms with Crippen LogP contribution in [0, 0.1) is 0 Å². The molecule has 0 bridgehead atoms. The summed E-state index contributed by atoms with van der Waals surface area (Å²) < 4.78 is 1.96. The van der Waals surface area contributed by atoms with Gasteiger partial charge in [-0.3, -0.25) is 4.68 Å². The Balaban J connectivity index is 2.25. The Morgan fingerprint density at radius 3 is 2.62 bits per heavy atom. The third-order valence-electron chi connectivity index (χ3n) is 3.70. The Morgan fingerprint density at radius 1 is 1.24 bits per heavy atom. The van der Waals surface area contributed by atoms with Gasteiger partial charge in [-0.05, 0) is 23.0 Å². The Labute approximate surface area is 127 Å². The predicted molar refractivity (Wildman–Crippen MR) is 86.1 cm³/mol. The van der Waals surface area contributed by atoms with Crippen molar-refractivity contribution in [2.45, 2.75) is 58.5 Å². The molecule has 2 aromatic rings. The lowest BCUT2D eigenvalue weighted by Gasteiger charge is -2.25.